The minimum atomic E-state index is -0.535. The highest BCUT2D eigenvalue weighted by Gasteiger charge is 2.38. The fourth-order valence-corrected chi connectivity index (χ4v) is 3.79. The Bertz CT molecular complexity index is 1010. The zero-order valence-electron chi connectivity index (χ0n) is 15.8. The van der Waals surface area contributed by atoms with Crippen molar-refractivity contribution in [2.75, 3.05) is 13.1 Å². The van der Waals surface area contributed by atoms with E-state index in [1.165, 1.54) is 6.20 Å². The lowest BCUT2D eigenvalue weighted by atomic mass is 9.74. The van der Waals surface area contributed by atoms with Gasteiger partial charge in [-0.15, -0.1) is 0 Å². The van der Waals surface area contributed by atoms with Crippen LogP contribution in [-0.4, -0.2) is 29.1 Å². The van der Waals surface area contributed by atoms with Gasteiger partial charge in [0.2, 0.25) is 0 Å². The van der Waals surface area contributed by atoms with E-state index in [9.17, 15) is 10.1 Å². The number of piperidine rings is 1. The third-order valence-corrected chi connectivity index (χ3v) is 5.56. The normalized spacial score (nSPS) is 15.8. The van der Waals surface area contributed by atoms with Gasteiger partial charge in [-0.1, -0.05) is 65.3 Å². The van der Waals surface area contributed by atoms with Gasteiger partial charge in [0.05, 0.1) is 17.7 Å². The summed E-state index contributed by atoms with van der Waals surface area (Å²) in [6, 6.07) is 20.2. The standard InChI is InChI=1S/C23H21N3O2/c1-17-7-9-18(10-8-17)21-20(15-25-28-21)22(27)26-13-11-23(16-24,12-14-26)19-5-3-2-4-6-19/h2-10,15H,11-14H2,1H3. The fourth-order valence-electron chi connectivity index (χ4n) is 3.79. The number of aromatic nitrogens is 1. The number of aryl methyl sites for hydroxylation is 1. The topological polar surface area (TPSA) is 70.1 Å². The first-order chi connectivity index (χ1) is 13.6. The second-order valence-corrected chi connectivity index (χ2v) is 7.29. The first-order valence-corrected chi connectivity index (χ1v) is 9.41. The van der Waals surface area contributed by atoms with E-state index in [-0.39, 0.29) is 5.91 Å². The summed E-state index contributed by atoms with van der Waals surface area (Å²) >= 11 is 0. The van der Waals surface area contributed by atoms with Crippen LogP contribution < -0.4 is 0 Å². The molecule has 0 atom stereocenters. The Morgan fingerprint density at radius 3 is 2.43 bits per heavy atom. The maximum atomic E-state index is 13.1. The van der Waals surface area contributed by atoms with Gasteiger partial charge in [0.15, 0.2) is 5.76 Å². The molecule has 1 amide bonds. The van der Waals surface area contributed by atoms with Crippen molar-refractivity contribution in [3.05, 3.63) is 77.5 Å². The van der Waals surface area contributed by atoms with E-state index in [0.717, 1.165) is 16.7 Å². The second-order valence-electron chi connectivity index (χ2n) is 7.29. The van der Waals surface area contributed by atoms with Gasteiger partial charge in [-0.2, -0.15) is 5.26 Å². The molecule has 3 aromatic rings. The minimum Gasteiger partial charge on any atom is -0.355 e. The number of nitriles is 1. The van der Waals surface area contributed by atoms with Gasteiger partial charge in [0.1, 0.15) is 5.56 Å². The molecule has 0 saturated carbocycles. The number of hydrogen-bond donors (Lipinski definition) is 0. The van der Waals surface area contributed by atoms with Crippen LogP contribution in [0.25, 0.3) is 11.3 Å². The molecule has 1 aliphatic rings. The van der Waals surface area contributed by atoms with E-state index in [1.807, 2.05) is 61.5 Å². The third-order valence-electron chi connectivity index (χ3n) is 5.56. The molecule has 28 heavy (non-hydrogen) atoms. The molecule has 1 fully saturated rings. The van der Waals surface area contributed by atoms with Gasteiger partial charge in [-0.3, -0.25) is 4.79 Å². The number of rotatable bonds is 3. The predicted octanol–water partition coefficient (Wildman–Crippen LogP) is 4.35. The highest BCUT2D eigenvalue weighted by atomic mass is 16.5. The number of hydrogen-bond acceptors (Lipinski definition) is 4. The number of carbonyl (C=O) groups excluding carboxylic acids is 1. The molecule has 2 heterocycles. The molecule has 1 aromatic heterocycles. The first-order valence-electron chi connectivity index (χ1n) is 9.41. The molecule has 1 saturated heterocycles. The zero-order chi connectivity index (χ0) is 19.6. The molecule has 0 radical (unpaired) electrons. The maximum absolute atomic E-state index is 13.1. The second kappa shape index (κ2) is 7.32. The molecule has 0 bridgehead atoms. The fraction of sp³-hybridized carbons (Fsp3) is 0.261. The van der Waals surface area contributed by atoms with Crippen LogP contribution in [0.5, 0.6) is 0 Å². The van der Waals surface area contributed by atoms with Gasteiger partial charge >= 0.3 is 0 Å². The number of benzene rings is 2. The first kappa shape index (κ1) is 18.0. The Hall–Kier alpha value is -3.39. The SMILES string of the molecule is Cc1ccc(-c2oncc2C(=O)N2CCC(C#N)(c3ccccc3)CC2)cc1. The van der Waals surface area contributed by atoms with Gasteiger partial charge in [0.25, 0.3) is 5.91 Å². The lowest BCUT2D eigenvalue weighted by Gasteiger charge is -2.37. The average Bonchev–Trinajstić information content (AvgIpc) is 3.24. The van der Waals surface area contributed by atoms with Crippen molar-refractivity contribution in [3.63, 3.8) is 0 Å². The summed E-state index contributed by atoms with van der Waals surface area (Å²) in [6.07, 6.45) is 2.72. The smallest absolute Gasteiger partial charge is 0.259 e. The largest absolute Gasteiger partial charge is 0.355 e. The molecule has 0 spiro atoms. The van der Waals surface area contributed by atoms with E-state index >= 15 is 0 Å². The Balaban J connectivity index is 1.53. The summed E-state index contributed by atoms with van der Waals surface area (Å²) in [5, 5.41) is 13.7. The molecule has 0 N–H and O–H groups in total. The molecular formula is C23H21N3O2. The van der Waals surface area contributed by atoms with Gasteiger partial charge in [-0.05, 0) is 25.3 Å². The van der Waals surface area contributed by atoms with Gasteiger partial charge in [0, 0.05) is 18.7 Å². The van der Waals surface area contributed by atoms with Crippen molar-refractivity contribution in [1.29, 1.82) is 5.26 Å². The van der Waals surface area contributed by atoms with E-state index < -0.39 is 5.41 Å². The van der Waals surface area contributed by atoms with Crippen molar-refractivity contribution >= 4 is 5.91 Å². The lowest BCUT2D eigenvalue weighted by molar-refractivity contribution is 0.0692. The Morgan fingerprint density at radius 1 is 1.11 bits per heavy atom. The summed E-state index contributed by atoms with van der Waals surface area (Å²) in [5.74, 6) is 0.390. The average molecular weight is 371 g/mol. The number of amides is 1. The Labute approximate surface area is 164 Å². The predicted molar refractivity (Wildman–Crippen MR) is 106 cm³/mol. The summed E-state index contributed by atoms with van der Waals surface area (Å²) < 4.78 is 5.38. The van der Waals surface area contributed by atoms with Crippen LogP contribution in [0, 0.1) is 18.3 Å². The van der Waals surface area contributed by atoms with Crippen LogP contribution in [0.3, 0.4) is 0 Å². The monoisotopic (exact) mass is 371 g/mol. The Kier molecular flexibility index (Phi) is 4.70. The summed E-state index contributed by atoms with van der Waals surface area (Å²) in [6.45, 7) is 3.07. The van der Waals surface area contributed by atoms with Crippen LogP contribution in [0.2, 0.25) is 0 Å². The van der Waals surface area contributed by atoms with Crippen LogP contribution in [0.1, 0.15) is 34.3 Å². The summed E-state index contributed by atoms with van der Waals surface area (Å²) in [4.78, 5) is 14.9. The number of carbonyl (C=O) groups is 1. The van der Waals surface area contributed by atoms with Crippen LogP contribution in [0.15, 0.2) is 65.3 Å². The summed E-state index contributed by atoms with van der Waals surface area (Å²) in [5.41, 5.74) is 2.93. The van der Waals surface area contributed by atoms with E-state index in [0.29, 0.717) is 37.3 Å². The minimum absolute atomic E-state index is 0.101. The van der Waals surface area contributed by atoms with E-state index in [1.54, 1.807) is 4.90 Å². The molecule has 4 rings (SSSR count). The van der Waals surface area contributed by atoms with Crippen LogP contribution >= 0.6 is 0 Å². The third kappa shape index (κ3) is 3.18. The van der Waals surface area contributed by atoms with Gasteiger partial charge in [-0.25, -0.2) is 0 Å². The highest BCUT2D eigenvalue weighted by Crippen LogP contribution is 2.36. The van der Waals surface area contributed by atoms with Gasteiger partial charge < -0.3 is 9.42 Å². The van der Waals surface area contributed by atoms with Crippen LogP contribution in [0.4, 0.5) is 0 Å². The van der Waals surface area contributed by atoms with Crippen LogP contribution in [-0.2, 0) is 5.41 Å². The van der Waals surface area contributed by atoms with Crippen molar-refractivity contribution in [1.82, 2.24) is 10.1 Å². The van der Waals surface area contributed by atoms with E-state index in [2.05, 4.69) is 11.2 Å². The Morgan fingerprint density at radius 2 is 1.79 bits per heavy atom. The van der Waals surface area contributed by atoms with E-state index in [4.69, 9.17) is 4.52 Å². The molecule has 5 heteroatoms. The number of likely N-dealkylation sites (tertiary alicyclic amines) is 1. The molecule has 0 unspecified atom stereocenters. The van der Waals surface area contributed by atoms with Crippen molar-refractivity contribution in [2.45, 2.75) is 25.2 Å². The molecule has 1 aliphatic heterocycles. The zero-order valence-corrected chi connectivity index (χ0v) is 15.8. The molecule has 2 aromatic carbocycles. The maximum Gasteiger partial charge on any atom is 0.259 e. The quantitative estimate of drug-likeness (QED) is 0.686. The number of nitrogens with zero attached hydrogens (tertiary/aromatic N) is 3. The summed E-state index contributed by atoms with van der Waals surface area (Å²) in [7, 11) is 0. The lowest BCUT2D eigenvalue weighted by Crippen LogP contribution is -2.44. The highest BCUT2D eigenvalue weighted by molar-refractivity contribution is 5.99. The molecule has 0 aliphatic carbocycles. The van der Waals surface area contributed by atoms with Crippen molar-refractivity contribution in [2.24, 2.45) is 0 Å². The molecule has 140 valence electrons. The molecular weight excluding hydrogens is 350 g/mol. The van der Waals surface area contributed by atoms with Crippen molar-refractivity contribution < 1.29 is 9.32 Å². The van der Waals surface area contributed by atoms with Crippen molar-refractivity contribution in [3.8, 4) is 17.4 Å². The molecule has 5 nitrogen and oxygen atoms in total.